The van der Waals surface area contributed by atoms with Gasteiger partial charge in [0.05, 0.1) is 31.8 Å². The molecule has 1 heterocycles. The zero-order chi connectivity index (χ0) is 31.7. The van der Waals surface area contributed by atoms with Gasteiger partial charge in [-0.2, -0.15) is 0 Å². The summed E-state index contributed by atoms with van der Waals surface area (Å²) >= 11 is 12.1. The van der Waals surface area contributed by atoms with Gasteiger partial charge in [-0.1, -0.05) is 23.2 Å². The number of non-ortho nitro benzene ring substituents is 2. The summed E-state index contributed by atoms with van der Waals surface area (Å²) in [5.41, 5.74) is -2.34. The molecule has 5 rings (SSSR count). The van der Waals surface area contributed by atoms with E-state index in [1.807, 2.05) is 0 Å². The second-order valence-corrected chi connectivity index (χ2v) is 9.73. The number of hydrogen-bond acceptors (Lipinski definition) is 12. The van der Waals surface area contributed by atoms with Crippen LogP contribution in [-0.4, -0.2) is 31.4 Å². The fourth-order valence-electron chi connectivity index (χ4n) is 4.16. The number of hydrazone groups is 2. The third-order valence-electron chi connectivity index (χ3n) is 6.18. The Morgan fingerprint density at radius 2 is 0.841 bits per heavy atom. The number of amidine groups is 2. The molecule has 18 heteroatoms. The van der Waals surface area contributed by atoms with Crippen LogP contribution in [0.25, 0.3) is 0 Å². The normalized spacial score (nSPS) is 12.8. The lowest BCUT2D eigenvalue weighted by Crippen LogP contribution is -2.41. The van der Waals surface area contributed by atoms with Gasteiger partial charge in [-0.05, 0) is 60.7 Å². The highest BCUT2D eigenvalue weighted by molar-refractivity contribution is 6.31. The molecule has 0 bridgehead atoms. The van der Waals surface area contributed by atoms with Crippen molar-refractivity contribution in [2.45, 2.75) is 0 Å². The molecule has 0 radical (unpaired) electrons. The van der Waals surface area contributed by atoms with Crippen LogP contribution < -0.4 is 10.0 Å². The van der Waals surface area contributed by atoms with E-state index in [2.05, 4.69) is 10.2 Å². The van der Waals surface area contributed by atoms with Crippen LogP contribution in [-0.2, 0) is 0 Å². The lowest BCUT2D eigenvalue weighted by molar-refractivity contribution is -0.394. The smallest absolute Gasteiger partial charge is 0.258 e. The number of hydrogen-bond donors (Lipinski definition) is 0. The quantitative estimate of drug-likeness (QED) is 0.148. The number of rotatable bonds is 8. The molecule has 0 aliphatic carbocycles. The fourth-order valence-corrected chi connectivity index (χ4v) is 4.42. The monoisotopic (exact) mass is 636 g/mol. The third-order valence-corrected chi connectivity index (χ3v) is 6.69. The first-order valence-electron chi connectivity index (χ1n) is 12.1. The molecular formula is C26H14Cl2N8O8. The maximum Gasteiger partial charge on any atom is 0.301 e. The molecule has 0 saturated heterocycles. The van der Waals surface area contributed by atoms with E-state index in [-0.39, 0.29) is 34.2 Å². The van der Waals surface area contributed by atoms with Crippen molar-refractivity contribution in [1.29, 1.82) is 0 Å². The zero-order valence-corrected chi connectivity index (χ0v) is 23.2. The Morgan fingerprint density at radius 1 is 0.500 bits per heavy atom. The van der Waals surface area contributed by atoms with Gasteiger partial charge >= 0.3 is 11.4 Å². The Kier molecular flexibility index (Phi) is 7.85. The van der Waals surface area contributed by atoms with E-state index in [0.717, 1.165) is 46.4 Å². The molecule has 1 aliphatic heterocycles. The first-order valence-corrected chi connectivity index (χ1v) is 12.8. The van der Waals surface area contributed by atoms with Crippen LogP contribution in [0.2, 0.25) is 10.0 Å². The van der Waals surface area contributed by atoms with Crippen LogP contribution in [0.1, 0.15) is 11.1 Å². The molecule has 0 N–H and O–H groups in total. The Bertz CT molecular complexity index is 1780. The summed E-state index contributed by atoms with van der Waals surface area (Å²) < 4.78 is 0. The molecule has 0 atom stereocenters. The number of halogens is 2. The molecule has 0 amide bonds. The molecule has 4 aromatic carbocycles. The number of nitro benzene ring substituents is 4. The fraction of sp³-hybridized carbons (Fsp3) is 0. The second kappa shape index (κ2) is 11.7. The maximum atomic E-state index is 12.1. The van der Waals surface area contributed by atoms with E-state index >= 15 is 0 Å². The summed E-state index contributed by atoms with van der Waals surface area (Å²) in [7, 11) is 0. The number of anilines is 2. The molecule has 0 unspecified atom stereocenters. The van der Waals surface area contributed by atoms with Crippen molar-refractivity contribution in [3.63, 3.8) is 0 Å². The Hall–Kier alpha value is -6.00. The molecule has 220 valence electrons. The van der Waals surface area contributed by atoms with Crippen molar-refractivity contribution in [3.05, 3.63) is 147 Å². The molecular weight excluding hydrogens is 623 g/mol. The predicted molar refractivity (Wildman–Crippen MR) is 160 cm³/mol. The van der Waals surface area contributed by atoms with Gasteiger partial charge in [0.1, 0.15) is 11.4 Å². The standard InChI is InChI=1S/C26H14Cl2N8O8/c27-17-5-1-15(2-6-17)25-29-32(22-12-10-20(34(39)40)14-24(22)36(43)44)26(16-3-7-18(28)8-4-16)30-31(25)21-11-9-19(33(37)38)13-23(21)35(41)42/h1-14H. The molecule has 0 fully saturated rings. The topological polar surface area (TPSA) is 204 Å². The molecule has 0 spiro atoms. The first-order chi connectivity index (χ1) is 20.9. The highest BCUT2D eigenvalue weighted by Crippen LogP contribution is 2.39. The van der Waals surface area contributed by atoms with Gasteiger partial charge in [-0.3, -0.25) is 40.5 Å². The average Bonchev–Trinajstić information content (AvgIpc) is 3.00. The van der Waals surface area contributed by atoms with Crippen LogP contribution in [0.15, 0.2) is 95.1 Å². The van der Waals surface area contributed by atoms with Crippen molar-refractivity contribution in [1.82, 2.24) is 0 Å². The largest absolute Gasteiger partial charge is 0.301 e. The molecule has 16 nitrogen and oxygen atoms in total. The van der Waals surface area contributed by atoms with E-state index in [1.54, 1.807) is 0 Å². The van der Waals surface area contributed by atoms with Crippen molar-refractivity contribution in [3.8, 4) is 0 Å². The van der Waals surface area contributed by atoms with Crippen LogP contribution in [0.5, 0.6) is 0 Å². The van der Waals surface area contributed by atoms with E-state index in [0.29, 0.717) is 10.0 Å². The van der Waals surface area contributed by atoms with E-state index in [1.165, 1.54) is 48.5 Å². The minimum absolute atomic E-state index is 0.107. The molecule has 44 heavy (non-hydrogen) atoms. The Labute approximate surface area is 255 Å². The zero-order valence-electron chi connectivity index (χ0n) is 21.7. The van der Waals surface area contributed by atoms with Gasteiger partial charge in [0.2, 0.25) is 0 Å². The molecule has 0 saturated carbocycles. The summed E-state index contributed by atoms with van der Waals surface area (Å²) in [6.07, 6.45) is 0. The summed E-state index contributed by atoms with van der Waals surface area (Å²) in [5.74, 6) is -0.215. The van der Waals surface area contributed by atoms with E-state index < -0.39 is 42.4 Å². The van der Waals surface area contributed by atoms with Crippen molar-refractivity contribution < 1.29 is 19.7 Å². The maximum absolute atomic E-state index is 12.1. The van der Waals surface area contributed by atoms with Crippen LogP contribution >= 0.6 is 23.2 Å². The third kappa shape index (κ3) is 5.69. The number of nitro groups is 4. The summed E-state index contributed by atoms with van der Waals surface area (Å²) in [6, 6.07) is 17.9. The number of benzene rings is 4. The van der Waals surface area contributed by atoms with Gasteiger partial charge in [0, 0.05) is 33.3 Å². The number of nitrogens with zero attached hydrogens (tertiary/aromatic N) is 8. The van der Waals surface area contributed by atoms with Gasteiger partial charge in [0.25, 0.3) is 11.4 Å². The average molecular weight is 637 g/mol. The van der Waals surface area contributed by atoms with Crippen molar-refractivity contribution in [2.24, 2.45) is 10.2 Å². The minimum atomic E-state index is -0.827. The second-order valence-electron chi connectivity index (χ2n) is 8.86. The van der Waals surface area contributed by atoms with Crippen LogP contribution in [0.3, 0.4) is 0 Å². The Balaban J connectivity index is 1.83. The van der Waals surface area contributed by atoms with Crippen molar-refractivity contribution in [2.75, 3.05) is 10.0 Å². The highest BCUT2D eigenvalue weighted by Gasteiger charge is 2.35. The highest BCUT2D eigenvalue weighted by atomic mass is 35.5. The van der Waals surface area contributed by atoms with Crippen LogP contribution in [0.4, 0.5) is 34.1 Å². The summed E-state index contributed by atoms with van der Waals surface area (Å²) in [6.45, 7) is 0. The lowest BCUT2D eigenvalue weighted by atomic mass is 10.1. The summed E-state index contributed by atoms with van der Waals surface area (Å²) in [4.78, 5) is 43.7. The summed E-state index contributed by atoms with van der Waals surface area (Å²) in [5, 5.41) is 59.0. The SMILES string of the molecule is O=[N+]([O-])c1ccc(N2N=C(c3ccc(Cl)cc3)N(c3ccc([N+](=O)[O-])cc3[N+](=O)[O-])N=C2c2ccc(Cl)cc2)c([N+](=O)[O-])c1. The van der Waals surface area contributed by atoms with E-state index in [9.17, 15) is 40.5 Å². The van der Waals surface area contributed by atoms with Crippen molar-refractivity contribution >= 4 is 69.0 Å². The molecule has 0 aromatic heterocycles. The van der Waals surface area contributed by atoms with E-state index in [4.69, 9.17) is 23.2 Å². The molecule has 1 aliphatic rings. The first kappa shape index (κ1) is 29.5. The predicted octanol–water partition coefficient (Wildman–Crippen LogP) is 6.68. The minimum Gasteiger partial charge on any atom is -0.258 e. The molecule has 4 aromatic rings. The van der Waals surface area contributed by atoms with Gasteiger partial charge in [-0.15, -0.1) is 10.2 Å². The van der Waals surface area contributed by atoms with Gasteiger partial charge in [0.15, 0.2) is 11.7 Å². The lowest BCUT2D eigenvalue weighted by Gasteiger charge is -2.32. The van der Waals surface area contributed by atoms with Gasteiger partial charge < -0.3 is 0 Å². The Morgan fingerprint density at radius 3 is 1.14 bits per heavy atom. The van der Waals surface area contributed by atoms with Crippen LogP contribution in [0, 0.1) is 40.5 Å². The van der Waals surface area contributed by atoms with Gasteiger partial charge in [-0.25, -0.2) is 10.0 Å².